The van der Waals surface area contributed by atoms with E-state index in [1.54, 1.807) is 63.6 Å². The Bertz CT molecular complexity index is 1580. The zero-order chi connectivity index (χ0) is 28.7. The number of rotatable bonds is 8. The highest BCUT2D eigenvalue weighted by atomic mass is 32.2. The number of sulfonamides is 1. The van der Waals surface area contributed by atoms with Gasteiger partial charge in [-0.2, -0.15) is 12.8 Å². The summed E-state index contributed by atoms with van der Waals surface area (Å²) in [6.07, 6.45) is 1.50. The standard InChI is InChI=1S/C30H31N3O6S/c1-6-39-29(34)30(18-22-15-23(37-4)17-24(16-22)38-5)21(3)33(40(35,36)25-13-11-20(2)12-14-25)32-19-31-27-10-8-7-9-26(27)28(30)32/h7-17,19,28H,3,6,18H2,1-2,4-5H3/t28-,30-/m1/s1. The third kappa shape index (κ3) is 4.28. The molecule has 0 aromatic heterocycles. The topological polar surface area (TPSA) is 97.7 Å². The summed E-state index contributed by atoms with van der Waals surface area (Å²) < 4.78 is 46.2. The molecule has 208 valence electrons. The molecule has 0 bridgehead atoms. The van der Waals surface area contributed by atoms with Crippen molar-refractivity contribution in [2.24, 2.45) is 10.4 Å². The number of hydrazine groups is 1. The van der Waals surface area contributed by atoms with Crippen LogP contribution in [-0.4, -0.2) is 51.0 Å². The van der Waals surface area contributed by atoms with Gasteiger partial charge in [0.15, 0.2) is 0 Å². The van der Waals surface area contributed by atoms with Gasteiger partial charge < -0.3 is 14.2 Å². The van der Waals surface area contributed by atoms with E-state index in [4.69, 9.17) is 14.2 Å². The molecule has 2 heterocycles. The van der Waals surface area contributed by atoms with Crippen molar-refractivity contribution in [3.8, 4) is 11.5 Å². The van der Waals surface area contributed by atoms with Crippen LogP contribution in [0.1, 0.15) is 29.7 Å². The first-order valence-electron chi connectivity index (χ1n) is 12.8. The first-order chi connectivity index (χ1) is 19.2. The summed E-state index contributed by atoms with van der Waals surface area (Å²) in [4.78, 5) is 18.8. The van der Waals surface area contributed by atoms with Gasteiger partial charge in [0, 0.05) is 11.6 Å². The summed E-state index contributed by atoms with van der Waals surface area (Å²) in [6.45, 7) is 7.95. The van der Waals surface area contributed by atoms with E-state index in [1.807, 2.05) is 31.2 Å². The number of para-hydroxylation sites is 1. The monoisotopic (exact) mass is 561 g/mol. The lowest BCUT2D eigenvalue weighted by Gasteiger charge is -2.36. The predicted molar refractivity (Wildman–Crippen MR) is 151 cm³/mol. The van der Waals surface area contributed by atoms with Crippen molar-refractivity contribution in [1.82, 2.24) is 9.42 Å². The first-order valence-corrected chi connectivity index (χ1v) is 14.2. The van der Waals surface area contributed by atoms with Gasteiger partial charge in [0.2, 0.25) is 0 Å². The quantitative estimate of drug-likeness (QED) is 0.359. The van der Waals surface area contributed by atoms with Crippen LogP contribution in [0, 0.1) is 12.3 Å². The highest BCUT2D eigenvalue weighted by Crippen LogP contribution is 2.58. The van der Waals surface area contributed by atoms with Gasteiger partial charge in [-0.3, -0.25) is 9.80 Å². The van der Waals surface area contributed by atoms with Crippen molar-refractivity contribution in [2.75, 3.05) is 20.8 Å². The van der Waals surface area contributed by atoms with Crippen molar-refractivity contribution in [1.29, 1.82) is 0 Å². The average Bonchev–Trinajstić information content (AvgIpc) is 3.22. The fourth-order valence-corrected chi connectivity index (χ4v) is 6.93. The predicted octanol–water partition coefficient (Wildman–Crippen LogP) is 4.95. The van der Waals surface area contributed by atoms with Crippen LogP contribution in [0.2, 0.25) is 0 Å². The Morgan fingerprint density at radius 3 is 2.30 bits per heavy atom. The minimum Gasteiger partial charge on any atom is -0.497 e. The van der Waals surface area contributed by atoms with Crippen LogP contribution in [-0.2, 0) is 26.0 Å². The summed E-state index contributed by atoms with van der Waals surface area (Å²) in [5, 5.41) is 1.48. The highest BCUT2D eigenvalue weighted by molar-refractivity contribution is 7.89. The molecule has 1 saturated heterocycles. The first kappa shape index (κ1) is 27.3. The van der Waals surface area contributed by atoms with E-state index in [0.29, 0.717) is 28.3 Å². The Hall–Kier alpha value is -4.31. The lowest BCUT2D eigenvalue weighted by molar-refractivity contribution is -0.154. The third-order valence-electron chi connectivity index (χ3n) is 7.31. The second-order valence-electron chi connectivity index (χ2n) is 9.68. The van der Waals surface area contributed by atoms with E-state index in [2.05, 4.69) is 11.6 Å². The van der Waals surface area contributed by atoms with Crippen molar-refractivity contribution < 1.29 is 27.4 Å². The molecule has 0 spiro atoms. The molecule has 40 heavy (non-hydrogen) atoms. The number of aliphatic imine (C=N–C) groups is 1. The molecular weight excluding hydrogens is 530 g/mol. The number of hydrogen-bond donors (Lipinski definition) is 0. The normalized spacial score (nSPS) is 19.7. The van der Waals surface area contributed by atoms with Gasteiger partial charge in [0.1, 0.15) is 29.3 Å². The van der Waals surface area contributed by atoms with Crippen molar-refractivity contribution in [3.63, 3.8) is 0 Å². The lowest BCUT2D eigenvalue weighted by atomic mass is 9.71. The van der Waals surface area contributed by atoms with Crippen LogP contribution in [0.15, 0.2) is 88.9 Å². The number of benzene rings is 3. The summed E-state index contributed by atoms with van der Waals surface area (Å²) >= 11 is 0. The van der Waals surface area contributed by atoms with Crippen LogP contribution >= 0.6 is 0 Å². The number of nitrogens with zero attached hydrogens (tertiary/aromatic N) is 3. The van der Waals surface area contributed by atoms with E-state index in [0.717, 1.165) is 9.98 Å². The fourth-order valence-electron chi connectivity index (χ4n) is 5.41. The van der Waals surface area contributed by atoms with Crippen molar-refractivity contribution >= 4 is 28.0 Å². The molecule has 0 unspecified atom stereocenters. The molecule has 3 aromatic rings. The number of aryl methyl sites for hydroxylation is 1. The van der Waals surface area contributed by atoms with Crippen LogP contribution in [0.5, 0.6) is 11.5 Å². The van der Waals surface area contributed by atoms with Crippen molar-refractivity contribution in [3.05, 3.63) is 95.7 Å². The largest absolute Gasteiger partial charge is 0.497 e. The highest BCUT2D eigenvalue weighted by Gasteiger charge is 2.64. The number of fused-ring (bicyclic) bond motifs is 3. The minimum atomic E-state index is -4.20. The number of carbonyl (C=O) groups excluding carboxylic acids is 1. The van der Waals surface area contributed by atoms with Crippen LogP contribution in [0.3, 0.4) is 0 Å². The Morgan fingerprint density at radius 1 is 1.02 bits per heavy atom. The van der Waals surface area contributed by atoms with E-state index in [1.165, 1.54) is 11.3 Å². The zero-order valence-electron chi connectivity index (χ0n) is 22.8. The molecule has 0 N–H and O–H groups in total. The average molecular weight is 562 g/mol. The number of carbonyl (C=O) groups is 1. The molecule has 0 aliphatic carbocycles. The van der Waals surface area contributed by atoms with E-state index < -0.39 is 27.4 Å². The van der Waals surface area contributed by atoms with Gasteiger partial charge >= 0.3 is 5.97 Å². The molecule has 2 atom stereocenters. The zero-order valence-corrected chi connectivity index (χ0v) is 23.6. The van der Waals surface area contributed by atoms with Gasteiger partial charge in [-0.1, -0.05) is 42.5 Å². The smallest absolute Gasteiger partial charge is 0.321 e. The van der Waals surface area contributed by atoms with Gasteiger partial charge in [0.25, 0.3) is 10.0 Å². The molecule has 0 saturated carbocycles. The second-order valence-corrected chi connectivity index (χ2v) is 11.5. The van der Waals surface area contributed by atoms with Gasteiger partial charge in [0.05, 0.1) is 37.1 Å². The Kier molecular flexibility index (Phi) is 7.05. The van der Waals surface area contributed by atoms with Gasteiger partial charge in [-0.05, 0) is 56.2 Å². The number of esters is 1. The molecule has 10 heteroatoms. The summed E-state index contributed by atoms with van der Waals surface area (Å²) in [5.74, 6) is 0.468. The minimum absolute atomic E-state index is 0.0569. The van der Waals surface area contributed by atoms with Crippen LogP contribution in [0.25, 0.3) is 0 Å². The summed E-state index contributed by atoms with van der Waals surface area (Å²) in [7, 11) is -1.12. The van der Waals surface area contributed by atoms with Gasteiger partial charge in [-0.25, -0.2) is 4.99 Å². The fraction of sp³-hybridized carbons (Fsp3) is 0.267. The lowest BCUT2D eigenvalue weighted by Crippen LogP contribution is -2.43. The number of methoxy groups -OCH3 is 2. The van der Waals surface area contributed by atoms with Crippen LogP contribution < -0.4 is 9.47 Å². The second kappa shape index (κ2) is 10.3. The maximum absolute atomic E-state index is 14.2. The molecule has 3 aromatic carbocycles. The van der Waals surface area contributed by atoms with Crippen LogP contribution in [0.4, 0.5) is 5.69 Å². The summed E-state index contributed by atoms with van der Waals surface area (Å²) in [6, 6.07) is 18.4. The number of hydrogen-bond acceptors (Lipinski definition) is 8. The Labute approximate surface area is 234 Å². The molecule has 2 aliphatic rings. The Morgan fingerprint density at radius 2 is 1.68 bits per heavy atom. The molecule has 5 rings (SSSR count). The SMILES string of the molecule is C=C1N(S(=O)(=O)c2ccc(C)cc2)N2C=Nc3ccccc3[C@@H]2[C@]1(Cc1cc(OC)cc(OC)c1)C(=O)OCC. The van der Waals surface area contributed by atoms with Crippen molar-refractivity contribution in [2.45, 2.75) is 31.2 Å². The van der Waals surface area contributed by atoms with E-state index in [-0.39, 0.29) is 23.6 Å². The maximum Gasteiger partial charge on any atom is 0.321 e. The third-order valence-corrected chi connectivity index (χ3v) is 9.05. The molecule has 2 aliphatic heterocycles. The molecule has 0 radical (unpaired) electrons. The van der Waals surface area contributed by atoms with E-state index in [9.17, 15) is 13.2 Å². The molecule has 0 amide bonds. The molecule has 1 fully saturated rings. The van der Waals surface area contributed by atoms with Gasteiger partial charge in [-0.15, -0.1) is 0 Å². The molecule has 9 nitrogen and oxygen atoms in total. The van der Waals surface area contributed by atoms with E-state index >= 15 is 0 Å². The summed E-state index contributed by atoms with van der Waals surface area (Å²) in [5.41, 5.74) is 1.41. The Balaban J connectivity index is 1.77. The number of ether oxygens (including phenoxy) is 3. The maximum atomic E-state index is 14.2. The molecular formula is C30H31N3O6S.